The molecule has 8 nitrogen and oxygen atoms in total. The summed E-state index contributed by atoms with van der Waals surface area (Å²) in [5.41, 5.74) is 2.27. The second-order valence-electron chi connectivity index (χ2n) is 8.71. The Labute approximate surface area is 231 Å². The molecule has 5 rings (SSSR count). The molecule has 198 valence electrons. The number of hydrogen-bond donors (Lipinski definition) is 1. The molecule has 3 heterocycles. The van der Waals surface area contributed by atoms with Crippen LogP contribution in [0.4, 0.5) is 10.1 Å². The average molecular weight is 562 g/mol. The van der Waals surface area contributed by atoms with Crippen LogP contribution >= 0.6 is 23.1 Å². The zero-order valence-corrected chi connectivity index (χ0v) is 22.8. The van der Waals surface area contributed by atoms with Crippen molar-refractivity contribution in [3.8, 4) is 16.8 Å². The molecule has 0 atom stereocenters. The van der Waals surface area contributed by atoms with Crippen LogP contribution in [0.1, 0.15) is 5.69 Å². The van der Waals surface area contributed by atoms with Crippen molar-refractivity contribution in [3.05, 3.63) is 105 Å². The molecular weight excluding hydrogens is 537 g/mol. The number of fused-ring (bicyclic) bond motifs is 1. The predicted octanol–water partition coefficient (Wildman–Crippen LogP) is 4.98. The number of nitrogens with one attached hydrogen (secondary N) is 1. The third-order valence-electron chi connectivity index (χ3n) is 6.28. The Morgan fingerprint density at radius 2 is 1.85 bits per heavy atom. The summed E-state index contributed by atoms with van der Waals surface area (Å²) in [6.45, 7) is 5.71. The van der Waals surface area contributed by atoms with Gasteiger partial charge in [-0.1, -0.05) is 48.2 Å². The van der Waals surface area contributed by atoms with E-state index < -0.39 is 5.91 Å². The number of thiophene rings is 1. The Balaban J connectivity index is 1.42. The van der Waals surface area contributed by atoms with Gasteiger partial charge >= 0.3 is 0 Å². The Morgan fingerprint density at radius 3 is 2.54 bits per heavy atom. The number of benzene rings is 2. The van der Waals surface area contributed by atoms with E-state index in [4.69, 9.17) is 0 Å². The van der Waals surface area contributed by atoms with E-state index in [-0.39, 0.29) is 34.9 Å². The minimum absolute atomic E-state index is 0.0651. The molecule has 11 heteroatoms. The zero-order valence-electron chi connectivity index (χ0n) is 21.2. The summed E-state index contributed by atoms with van der Waals surface area (Å²) < 4.78 is 18.1. The zero-order chi connectivity index (χ0) is 27.7. The van der Waals surface area contributed by atoms with E-state index in [9.17, 15) is 18.8 Å². The lowest BCUT2D eigenvalue weighted by Gasteiger charge is -2.11. The lowest BCUT2D eigenvalue weighted by Crippen LogP contribution is -2.25. The molecule has 0 aliphatic rings. The van der Waals surface area contributed by atoms with Crippen molar-refractivity contribution < 1.29 is 9.18 Å². The second-order valence-corrected chi connectivity index (χ2v) is 10.5. The molecular formula is C28H24FN5O3S2. The molecule has 5 aromatic rings. The van der Waals surface area contributed by atoms with Crippen molar-refractivity contribution in [2.24, 2.45) is 7.05 Å². The maximum Gasteiger partial charge on any atom is 0.295 e. The number of thioether (sulfide) groups is 1. The number of anilines is 1. The number of carbonyl (C=O) groups excluding carboxylic acids is 1. The van der Waals surface area contributed by atoms with Gasteiger partial charge in [-0.15, -0.1) is 17.9 Å². The number of rotatable bonds is 8. The van der Waals surface area contributed by atoms with Gasteiger partial charge in [0.25, 0.3) is 11.1 Å². The summed E-state index contributed by atoms with van der Waals surface area (Å²) in [4.78, 5) is 44.7. The van der Waals surface area contributed by atoms with Gasteiger partial charge in [-0.25, -0.2) is 14.1 Å². The van der Waals surface area contributed by atoms with E-state index in [1.165, 1.54) is 32.7 Å². The van der Waals surface area contributed by atoms with Gasteiger partial charge in [-0.3, -0.25) is 23.6 Å². The van der Waals surface area contributed by atoms with Crippen LogP contribution < -0.4 is 16.4 Å². The summed E-state index contributed by atoms with van der Waals surface area (Å²) in [6.07, 6.45) is 1.59. The summed E-state index contributed by atoms with van der Waals surface area (Å²) in [5, 5.41) is 5.35. The quantitative estimate of drug-likeness (QED) is 0.164. The Morgan fingerprint density at radius 1 is 1.13 bits per heavy atom. The van der Waals surface area contributed by atoms with E-state index in [0.717, 1.165) is 11.8 Å². The van der Waals surface area contributed by atoms with Crippen LogP contribution in [0.3, 0.4) is 0 Å². The number of aromatic nitrogens is 4. The normalized spacial score (nSPS) is 11.2. The van der Waals surface area contributed by atoms with Crippen LogP contribution in [0.2, 0.25) is 0 Å². The Hall–Kier alpha value is -4.22. The van der Waals surface area contributed by atoms with Crippen molar-refractivity contribution in [2.75, 3.05) is 11.1 Å². The van der Waals surface area contributed by atoms with Crippen LogP contribution in [0.5, 0.6) is 0 Å². The molecule has 0 saturated heterocycles. The van der Waals surface area contributed by atoms with Gasteiger partial charge in [-0.2, -0.15) is 0 Å². The van der Waals surface area contributed by atoms with E-state index in [2.05, 4.69) is 16.9 Å². The van der Waals surface area contributed by atoms with Gasteiger partial charge < -0.3 is 5.32 Å². The predicted molar refractivity (Wildman–Crippen MR) is 155 cm³/mol. The number of nitrogens with zero attached hydrogens (tertiary/aromatic N) is 4. The molecule has 0 spiro atoms. The molecule has 0 radical (unpaired) electrons. The molecule has 2 aromatic carbocycles. The molecule has 1 amide bonds. The highest BCUT2D eigenvalue weighted by molar-refractivity contribution is 7.99. The standard InChI is InChI=1S/C28H24FN5O3S2/c1-4-14-33-26(36)23-21(18-10-12-19(29)13-11-18)15-38-25(23)31-28(33)39-16-22(35)30-24-17(2)32(3)34(27(24)37)20-8-6-5-7-9-20/h4-13,15H,1,14,16H2,2-3H3,(H,30,35). The fourth-order valence-electron chi connectivity index (χ4n) is 4.27. The van der Waals surface area contributed by atoms with Crippen molar-refractivity contribution in [2.45, 2.75) is 18.6 Å². The molecule has 0 saturated carbocycles. The van der Waals surface area contributed by atoms with Gasteiger partial charge in [-0.05, 0) is 36.8 Å². The molecule has 0 aliphatic carbocycles. The van der Waals surface area contributed by atoms with Crippen molar-refractivity contribution in [1.82, 2.24) is 18.9 Å². The third kappa shape index (κ3) is 4.98. The molecule has 3 aromatic heterocycles. The van der Waals surface area contributed by atoms with E-state index in [1.807, 2.05) is 35.7 Å². The molecule has 39 heavy (non-hydrogen) atoms. The first-order chi connectivity index (χ1) is 18.8. The van der Waals surface area contributed by atoms with Gasteiger partial charge in [0.1, 0.15) is 16.3 Å². The number of amides is 1. The van der Waals surface area contributed by atoms with E-state index >= 15 is 0 Å². The van der Waals surface area contributed by atoms with Gasteiger partial charge in [0.2, 0.25) is 5.91 Å². The number of halogens is 1. The molecule has 0 unspecified atom stereocenters. The molecule has 0 aliphatic heterocycles. The number of carbonyl (C=O) groups is 1. The Kier molecular flexibility index (Phi) is 7.36. The summed E-state index contributed by atoms with van der Waals surface area (Å²) in [7, 11) is 1.75. The van der Waals surface area contributed by atoms with Crippen molar-refractivity contribution in [3.63, 3.8) is 0 Å². The maximum absolute atomic E-state index is 13.5. The van der Waals surface area contributed by atoms with Crippen LogP contribution in [-0.2, 0) is 18.4 Å². The Bertz CT molecular complexity index is 1820. The average Bonchev–Trinajstić information content (AvgIpc) is 3.45. The maximum atomic E-state index is 13.5. The highest BCUT2D eigenvalue weighted by Crippen LogP contribution is 2.32. The topological polar surface area (TPSA) is 90.9 Å². The minimum atomic E-state index is -0.399. The summed E-state index contributed by atoms with van der Waals surface area (Å²) >= 11 is 2.41. The largest absolute Gasteiger partial charge is 0.319 e. The number of para-hydroxylation sites is 1. The lowest BCUT2D eigenvalue weighted by molar-refractivity contribution is -0.113. The monoisotopic (exact) mass is 561 g/mol. The first-order valence-corrected chi connectivity index (χ1v) is 13.8. The summed E-state index contributed by atoms with van der Waals surface area (Å²) in [6, 6.07) is 15.1. The first-order valence-electron chi connectivity index (χ1n) is 12.0. The van der Waals surface area contributed by atoms with Crippen molar-refractivity contribution >= 4 is 44.9 Å². The highest BCUT2D eigenvalue weighted by atomic mass is 32.2. The molecule has 1 N–H and O–H groups in total. The molecule has 0 bridgehead atoms. The fourth-order valence-corrected chi connectivity index (χ4v) is 6.06. The van der Waals surface area contributed by atoms with Crippen LogP contribution in [0.15, 0.2) is 87.4 Å². The van der Waals surface area contributed by atoms with Crippen LogP contribution in [-0.4, -0.2) is 30.6 Å². The van der Waals surface area contributed by atoms with Gasteiger partial charge in [0.05, 0.1) is 22.5 Å². The van der Waals surface area contributed by atoms with Crippen LogP contribution in [0, 0.1) is 12.7 Å². The van der Waals surface area contributed by atoms with Crippen molar-refractivity contribution in [1.29, 1.82) is 0 Å². The van der Waals surface area contributed by atoms with E-state index in [0.29, 0.717) is 37.9 Å². The van der Waals surface area contributed by atoms with E-state index in [1.54, 1.807) is 36.9 Å². The van der Waals surface area contributed by atoms with Crippen LogP contribution in [0.25, 0.3) is 27.0 Å². The minimum Gasteiger partial charge on any atom is -0.319 e. The summed E-state index contributed by atoms with van der Waals surface area (Å²) in [5.74, 6) is -0.824. The fraction of sp³-hybridized carbons (Fsp3) is 0.143. The highest BCUT2D eigenvalue weighted by Gasteiger charge is 2.20. The van der Waals surface area contributed by atoms with Gasteiger partial charge in [0, 0.05) is 24.5 Å². The SMILES string of the molecule is C=CCn1c(SCC(=O)Nc2c(C)n(C)n(-c3ccccc3)c2=O)nc2scc(-c3ccc(F)cc3)c2c1=O. The number of hydrogen-bond acceptors (Lipinski definition) is 6. The smallest absolute Gasteiger partial charge is 0.295 e. The second kappa shape index (κ2) is 10.9. The van der Waals surface area contributed by atoms with Gasteiger partial charge in [0.15, 0.2) is 5.16 Å². The lowest BCUT2D eigenvalue weighted by atomic mass is 10.1. The first kappa shape index (κ1) is 26.4. The number of allylic oxidation sites excluding steroid dienone is 1. The third-order valence-corrected chi connectivity index (χ3v) is 8.13. The molecule has 0 fully saturated rings.